The molecule has 2 unspecified atom stereocenters. The number of likely N-dealkylation sites (tertiary alicyclic amines) is 2. The summed E-state index contributed by atoms with van der Waals surface area (Å²) in [6, 6.07) is 1.50. The Balaban J connectivity index is 1.61. The number of rotatable bonds is 5. The molecule has 0 spiro atoms. The van der Waals surface area contributed by atoms with Crippen LogP contribution in [0.5, 0.6) is 0 Å². The first-order valence-electron chi connectivity index (χ1n) is 7.82. The van der Waals surface area contributed by atoms with Crippen LogP contribution in [-0.4, -0.2) is 61.7 Å². The van der Waals surface area contributed by atoms with Crippen molar-refractivity contribution in [3.05, 3.63) is 0 Å². The maximum Gasteiger partial charge on any atom is 0.0217 e. The molecular formula is C15H31N3. The molecule has 0 aromatic heterocycles. The number of likely N-dealkylation sites (N-methyl/N-ethyl adjacent to an activating group) is 1. The van der Waals surface area contributed by atoms with E-state index < -0.39 is 0 Å². The van der Waals surface area contributed by atoms with Gasteiger partial charge >= 0.3 is 0 Å². The number of nitrogens with one attached hydrogen (secondary N) is 1. The fraction of sp³-hybridized carbons (Fsp3) is 1.00. The van der Waals surface area contributed by atoms with Crippen molar-refractivity contribution in [1.29, 1.82) is 0 Å². The fourth-order valence-corrected chi connectivity index (χ4v) is 3.35. The molecule has 1 N–H and O–H groups in total. The summed E-state index contributed by atoms with van der Waals surface area (Å²) in [5, 5.41) is 3.72. The maximum atomic E-state index is 3.72. The minimum absolute atomic E-state index is 0.722. The van der Waals surface area contributed by atoms with E-state index in [4.69, 9.17) is 0 Å². The Labute approximate surface area is 113 Å². The van der Waals surface area contributed by atoms with Crippen LogP contribution in [0.4, 0.5) is 0 Å². The topological polar surface area (TPSA) is 18.5 Å². The minimum Gasteiger partial charge on any atom is -0.315 e. The largest absolute Gasteiger partial charge is 0.315 e. The number of hydrogen-bond donors (Lipinski definition) is 1. The Kier molecular flexibility index (Phi) is 5.46. The third kappa shape index (κ3) is 3.94. The highest BCUT2D eigenvalue weighted by molar-refractivity contribution is 4.81. The van der Waals surface area contributed by atoms with E-state index in [0.29, 0.717) is 0 Å². The number of nitrogens with zero attached hydrogens (tertiary/aromatic N) is 2. The van der Waals surface area contributed by atoms with Crippen LogP contribution in [0.25, 0.3) is 0 Å². The van der Waals surface area contributed by atoms with Gasteiger partial charge in [-0.05, 0) is 65.7 Å². The predicted octanol–water partition coefficient (Wildman–Crippen LogP) is 1.79. The molecule has 2 heterocycles. The van der Waals surface area contributed by atoms with Crippen molar-refractivity contribution in [1.82, 2.24) is 15.1 Å². The van der Waals surface area contributed by atoms with E-state index >= 15 is 0 Å². The molecule has 0 bridgehead atoms. The summed E-state index contributed by atoms with van der Waals surface area (Å²) in [5.74, 6) is 0.876. The summed E-state index contributed by atoms with van der Waals surface area (Å²) in [6.45, 7) is 10.9. The van der Waals surface area contributed by atoms with Gasteiger partial charge in [-0.25, -0.2) is 0 Å². The molecule has 2 aliphatic rings. The van der Waals surface area contributed by atoms with Gasteiger partial charge in [-0.2, -0.15) is 0 Å². The third-order valence-electron chi connectivity index (χ3n) is 4.78. The molecule has 0 aliphatic carbocycles. The van der Waals surface area contributed by atoms with Crippen LogP contribution in [0, 0.1) is 5.92 Å². The first kappa shape index (κ1) is 14.3. The molecule has 3 heteroatoms. The summed E-state index contributed by atoms with van der Waals surface area (Å²) in [7, 11) is 2.28. The lowest BCUT2D eigenvalue weighted by atomic mass is 10.0. The van der Waals surface area contributed by atoms with E-state index in [1.807, 2.05) is 0 Å². The smallest absolute Gasteiger partial charge is 0.0217 e. The molecule has 2 fully saturated rings. The van der Waals surface area contributed by atoms with E-state index in [1.54, 1.807) is 0 Å². The molecule has 2 atom stereocenters. The molecule has 0 saturated carbocycles. The monoisotopic (exact) mass is 253 g/mol. The van der Waals surface area contributed by atoms with Crippen molar-refractivity contribution < 1.29 is 0 Å². The highest BCUT2D eigenvalue weighted by Gasteiger charge is 2.24. The Morgan fingerprint density at radius 1 is 1.11 bits per heavy atom. The van der Waals surface area contributed by atoms with Gasteiger partial charge in [0.25, 0.3) is 0 Å². The lowest BCUT2D eigenvalue weighted by Gasteiger charge is -2.32. The molecule has 3 nitrogen and oxygen atoms in total. The van der Waals surface area contributed by atoms with Gasteiger partial charge < -0.3 is 15.1 Å². The summed E-state index contributed by atoms with van der Waals surface area (Å²) >= 11 is 0. The van der Waals surface area contributed by atoms with E-state index in [-0.39, 0.29) is 0 Å². The highest BCUT2D eigenvalue weighted by atomic mass is 15.2. The van der Waals surface area contributed by atoms with Gasteiger partial charge in [0.2, 0.25) is 0 Å². The molecule has 2 saturated heterocycles. The van der Waals surface area contributed by atoms with Crippen molar-refractivity contribution in [2.24, 2.45) is 5.92 Å². The van der Waals surface area contributed by atoms with Gasteiger partial charge in [-0.3, -0.25) is 0 Å². The Morgan fingerprint density at radius 3 is 2.61 bits per heavy atom. The van der Waals surface area contributed by atoms with E-state index in [1.165, 1.54) is 58.4 Å². The first-order chi connectivity index (χ1) is 8.66. The second-order valence-electron chi connectivity index (χ2n) is 6.53. The predicted molar refractivity (Wildman–Crippen MR) is 78.0 cm³/mol. The van der Waals surface area contributed by atoms with Crippen LogP contribution in [-0.2, 0) is 0 Å². The molecule has 18 heavy (non-hydrogen) atoms. The van der Waals surface area contributed by atoms with Crippen molar-refractivity contribution in [2.75, 3.05) is 39.8 Å². The van der Waals surface area contributed by atoms with E-state index in [2.05, 4.69) is 36.0 Å². The summed E-state index contributed by atoms with van der Waals surface area (Å²) in [5.41, 5.74) is 0. The van der Waals surface area contributed by atoms with Crippen LogP contribution in [0.1, 0.15) is 39.5 Å². The molecular weight excluding hydrogens is 222 g/mol. The van der Waals surface area contributed by atoms with Gasteiger partial charge in [0.05, 0.1) is 0 Å². The Bertz CT molecular complexity index is 242. The highest BCUT2D eigenvalue weighted by Crippen LogP contribution is 2.18. The Morgan fingerprint density at radius 2 is 1.94 bits per heavy atom. The average Bonchev–Trinajstić information content (AvgIpc) is 2.80. The van der Waals surface area contributed by atoms with Gasteiger partial charge in [0.15, 0.2) is 0 Å². The van der Waals surface area contributed by atoms with Gasteiger partial charge in [0.1, 0.15) is 0 Å². The lowest BCUT2D eigenvalue weighted by Crippen LogP contribution is -2.44. The van der Waals surface area contributed by atoms with Crippen molar-refractivity contribution in [2.45, 2.75) is 51.6 Å². The molecule has 2 rings (SSSR count). The molecule has 0 aromatic carbocycles. The Hall–Kier alpha value is -0.120. The zero-order chi connectivity index (χ0) is 13.0. The fourth-order valence-electron chi connectivity index (χ4n) is 3.35. The van der Waals surface area contributed by atoms with Gasteiger partial charge in [-0.1, -0.05) is 6.42 Å². The zero-order valence-electron chi connectivity index (χ0n) is 12.5. The van der Waals surface area contributed by atoms with Crippen molar-refractivity contribution >= 4 is 0 Å². The van der Waals surface area contributed by atoms with Crippen LogP contribution in [0.15, 0.2) is 0 Å². The molecule has 0 radical (unpaired) electrons. The standard InChI is InChI=1S/C15H31N3/c1-13(2)18-9-7-14(12-18)10-16-11-15-6-4-5-8-17(15)3/h13-16H,4-12H2,1-3H3. The van der Waals surface area contributed by atoms with Crippen LogP contribution < -0.4 is 5.32 Å². The summed E-state index contributed by atoms with van der Waals surface area (Å²) in [6.07, 6.45) is 5.57. The van der Waals surface area contributed by atoms with Crippen LogP contribution in [0.2, 0.25) is 0 Å². The van der Waals surface area contributed by atoms with Gasteiger partial charge in [-0.15, -0.1) is 0 Å². The van der Waals surface area contributed by atoms with Crippen molar-refractivity contribution in [3.63, 3.8) is 0 Å². The molecule has 0 amide bonds. The number of hydrogen-bond acceptors (Lipinski definition) is 3. The zero-order valence-corrected chi connectivity index (χ0v) is 12.5. The quantitative estimate of drug-likeness (QED) is 0.806. The van der Waals surface area contributed by atoms with Crippen LogP contribution in [0.3, 0.4) is 0 Å². The molecule has 106 valence electrons. The molecule has 2 aliphatic heterocycles. The summed E-state index contributed by atoms with van der Waals surface area (Å²) < 4.78 is 0. The number of piperidine rings is 1. The first-order valence-corrected chi connectivity index (χ1v) is 7.82. The van der Waals surface area contributed by atoms with Gasteiger partial charge in [0, 0.05) is 25.2 Å². The normalized spacial score (nSPS) is 31.3. The second kappa shape index (κ2) is 6.88. The summed E-state index contributed by atoms with van der Waals surface area (Å²) in [4.78, 5) is 5.14. The van der Waals surface area contributed by atoms with E-state index in [0.717, 1.165) is 18.0 Å². The second-order valence-corrected chi connectivity index (χ2v) is 6.53. The minimum atomic E-state index is 0.722. The lowest BCUT2D eigenvalue weighted by molar-refractivity contribution is 0.179. The van der Waals surface area contributed by atoms with Crippen molar-refractivity contribution in [3.8, 4) is 0 Å². The average molecular weight is 253 g/mol. The SMILES string of the molecule is CC(C)N1CCC(CNCC2CCCCN2C)C1. The van der Waals surface area contributed by atoms with E-state index in [9.17, 15) is 0 Å². The van der Waals surface area contributed by atoms with Crippen LogP contribution >= 0.6 is 0 Å². The third-order valence-corrected chi connectivity index (χ3v) is 4.78. The molecule has 0 aromatic rings. The maximum absolute atomic E-state index is 3.72.